The van der Waals surface area contributed by atoms with Crippen LogP contribution in [0.5, 0.6) is 0 Å². The van der Waals surface area contributed by atoms with E-state index in [1.807, 2.05) is 52.0 Å². The molecule has 0 spiro atoms. The van der Waals surface area contributed by atoms with Gasteiger partial charge in [-0.1, -0.05) is 49.6 Å². The molecule has 0 aliphatic rings. The monoisotopic (exact) mass is 413 g/mol. The zero-order valence-corrected chi connectivity index (χ0v) is 19.4. The number of nitrogens with zero attached hydrogens (tertiary/aromatic N) is 1. The van der Waals surface area contributed by atoms with E-state index in [-0.39, 0.29) is 11.5 Å². The van der Waals surface area contributed by atoms with Crippen LogP contribution < -0.4 is 10.6 Å². The van der Waals surface area contributed by atoms with E-state index in [2.05, 4.69) is 29.7 Å². The Hall–Kier alpha value is -2.48. The number of ether oxygens (including phenoxy) is 1. The molecule has 1 rings (SSSR count). The fraction of sp³-hybridized carbons (Fsp3) is 0.600. The highest BCUT2D eigenvalue weighted by molar-refractivity contribution is 5.76. The quantitative estimate of drug-likeness (QED) is 0.346. The van der Waals surface area contributed by atoms with Crippen LogP contribution in [0.4, 0.5) is 0 Å². The first-order valence-corrected chi connectivity index (χ1v) is 11.1. The lowest BCUT2D eigenvalue weighted by Crippen LogP contribution is -2.35. The normalized spacial score (nSPS) is 12.7. The topological polar surface area (TPSA) is 74.2 Å². The molecular formula is C25H39N3O2. The summed E-state index contributed by atoms with van der Waals surface area (Å²) in [6.07, 6.45) is 7.93. The van der Waals surface area contributed by atoms with Crippen LogP contribution >= 0.6 is 0 Å². The highest BCUT2D eigenvalue weighted by Crippen LogP contribution is 2.13. The lowest BCUT2D eigenvalue weighted by atomic mass is 10.0. The Morgan fingerprint density at radius 2 is 1.83 bits per heavy atom. The molecular weight excluding hydrogens is 374 g/mol. The van der Waals surface area contributed by atoms with Gasteiger partial charge in [0, 0.05) is 19.4 Å². The van der Waals surface area contributed by atoms with Gasteiger partial charge in [0.05, 0.1) is 6.07 Å². The van der Waals surface area contributed by atoms with Crippen molar-refractivity contribution >= 4 is 5.91 Å². The van der Waals surface area contributed by atoms with Crippen molar-refractivity contribution in [1.29, 1.82) is 5.26 Å². The van der Waals surface area contributed by atoms with Crippen LogP contribution in [0, 0.1) is 18.3 Å². The number of allylic oxidation sites excluding steroid dienone is 1. The molecule has 1 aromatic rings. The van der Waals surface area contributed by atoms with Crippen molar-refractivity contribution < 1.29 is 9.53 Å². The van der Waals surface area contributed by atoms with Crippen molar-refractivity contribution in [3.05, 3.63) is 47.4 Å². The van der Waals surface area contributed by atoms with Crippen molar-refractivity contribution in [2.24, 2.45) is 0 Å². The summed E-state index contributed by atoms with van der Waals surface area (Å²) >= 11 is 0. The Labute approximate surface area is 182 Å². The van der Waals surface area contributed by atoms with Gasteiger partial charge in [-0.2, -0.15) is 5.26 Å². The Balaban J connectivity index is 2.19. The highest BCUT2D eigenvalue weighted by Gasteiger charge is 2.13. The van der Waals surface area contributed by atoms with Crippen LogP contribution in [-0.2, 0) is 16.0 Å². The third-order valence-corrected chi connectivity index (χ3v) is 4.49. The first-order valence-electron chi connectivity index (χ1n) is 11.1. The van der Waals surface area contributed by atoms with Gasteiger partial charge in [0.25, 0.3) is 0 Å². The predicted octanol–water partition coefficient (Wildman–Crippen LogP) is 5.15. The number of hydrogen-bond acceptors (Lipinski definition) is 4. The van der Waals surface area contributed by atoms with Crippen molar-refractivity contribution in [3.63, 3.8) is 0 Å². The second-order valence-electron chi connectivity index (χ2n) is 8.72. The predicted molar refractivity (Wildman–Crippen MR) is 123 cm³/mol. The van der Waals surface area contributed by atoms with E-state index in [1.54, 1.807) is 0 Å². The first kappa shape index (κ1) is 25.6. The second kappa shape index (κ2) is 13.7. The summed E-state index contributed by atoms with van der Waals surface area (Å²) in [5.41, 5.74) is 2.04. The molecule has 0 fully saturated rings. The third kappa shape index (κ3) is 12.2. The van der Waals surface area contributed by atoms with Crippen LogP contribution in [0.25, 0.3) is 0 Å². The highest BCUT2D eigenvalue weighted by atomic mass is 16.5. The van der Waals surface area contributed by atoms with Crippen molar-refractivity contribution in [2.45, 2.75) is 91.2 Å². The lowest BCUT2D eigenvalue weighted by Gasteiger charge is -2.24. The summed E-state index contributed by atoms with van der Waals surface area (Å²) in [4.78, 5) is 12.1. The molecule has 0 aliphatic heterocycles. The van der Waals surface area contributed by atoms with Gasteiger partial charge in [-0.15, -0.1) is 0 Å². The van der Waals surface area contributed by atoms with Gasteiger partial charge in [-0.05, 0) is 58.6 Å². The number of nitriles is 1. The average Bonchev–Trinajstić information content (AvgIpc) is 2.67. The van der Waals surface area contributed by atoms with E-state index in [9.17, 15) is 10.1 Å². The fourth-order valence-corrected chi connectivity index (χ4v) is 3.00. The summed E-state index contributed by atoms with van der Waals surface area (Å²) < 4.78 is 5.90. The van der Waals surface area contributed by atoms with Gasteiger partial charge in [0.2, 0.25) is 5.91 Å². The van der Waals surface area contributed by atoms with Crippen molar-refractivity contribution in [3.8, 4) is 6.07 Å². The average molecular weight is 414 g/mol. The Morgan fingerprint density at radius 1 is 1.17 bits per heavy atom. The molecule has 1 amide bonds. The number of carbonyl (C=O) groups excluding carboxylic acids is 1. The molecule has 1 unspecified atom stereocenters. The fourth-order valence-electron chi connectivity index (χ4n) is 3.00. The number of rotatable bonds is 13. The Bertz CT molecular complexity index is 697. The number of amides is 1. The van der Waals surface area contributed by atoms with Gasteiger partial charge in [-0.3, -0.25) is 4.79 Å². The van der Waals surface area contributed by atoms with Crippen molar-refractivity contribution in [1.82, 2.24) is 10.6 Å². The van der Waals surface area contributed by atoms with Gasteiger partial charge < -0.3 is 15.4 Å². The maximum absolute atomic E-state index is 12.1. The first-order chi connectivity index (χ1) is 14.2. The second-order valence-corrected chi connectivity index (χ2v) is 8.72. The molecule has 30 heavy (non-hydrogen) atoms. The van der Waals surface area contributed by atoms with E-state index >= 15 is 0 Å². The molecule has 0 aliphatic carbocycles. The minimum absolute atomic E-state index is 0.0430. The SMILES string of the molecule is CC/C=C(/NCCCCCCC(=O)NC(C#N)Cc1ccc(C)cc1)OC(C)(C)C. The summed E-state index contributed by atoms with van der Waals surface area (Å²) in [6, 6.07) is 9.78. The van der Waals surface area contributed by atoms with Crippen LogP contribution in [0.3, 0.4) is 0 Å². The maximum atomic E-state index is 12.1. The van der Waals surface area contributed by atoms with Gasteiger partial charge in [0.15, 0.2) is 5.88 Å². The van der Waals surface area contributed by atoms with Crippen LogP contribution in [0.15, 0.2) is 36.2 Å². The zero-order chi connectivity index (χ0) is 22.4. The van der Waals surface area contributed by atoms with E-state index in [1.165, 1.54) is 5.56 Å². The minimum atomic E-state index is -0.476. The Morgan fingerprint density at radius 3 is 2.43 bits per heavy atom. The number of carbonyl (C=O) groups is 1. The van der Waals surface area contributed by atoms with E-state index in [0.29, 0.717) is 12.8 Å². The summed E-state index contributed by atoms with van der Waals surface area (Å²) in [6.45, 7) is 11.1. The van der Waals surface area contributed by atoms with Crippen molar-refractivity contribution in [2.75, 3.05) is 6.54 Å². The number of unbranched alkanes of at least 4 members (excludes halogenated alkanes) is 3. The van der Waals surface area contributed by atoms with E-state index in [0.717, 1.165) is 50.1 Å². The molecule has 0 heterocycles. The maximum Gasteiger partial charge on any atom is 0.221 e. The van der Waals surface area contributed by atoms with E-state index in [4.69, 9.17) is 4.74 Å². The molecule has 0 saturated heterocycles. The summed E-state index contributed by atoms with van der Waals surface area (Å²) in [7, 11) is 0. The lowest BCUT2D eigenvalue weighted by molar-refractivity contribution is -0.121. The zero-order valence-electron chi connectivity index (χ0n) is 19.4. The summed E-state index contributed by atoms with van der Waals surface area (Å²) in [5, 5.41) is 15.5. The molecule has 0 saturated carbocycles. The molecule has 5 nitrogen and oxygen atoms in total. The number of benzene rings is 1. The molecule has 0 aromatic heterocycles. The van der Waals surface area contributed by atoms with Gasteiger partial charge >= 0.3 is 0 Å². The number of nitrogens with one attached hydrogen (secondary N) is 2. The molecule has 1 aromatic carbocycles. The van der Waals surface area contributed by atoms with Crippen LogP contribution in [0.1, 0.15) is 77.3 Å². The molecule has 2 N–H and O–H groups in total. The van der Waals surface area contributed by atoms with Gasteiger partial charge in [-0.25, -0.2) is 0 Å². The minimum Gasteiger partial charge on any atom is -0.474 e. The van der Waals surface area contributed by atoms with Crippen LogP contribution in [-0.4, -0.2) is 24.1 Å². The molecule has 1 atom stereocenters. The smallest absolute Gasteiger partial charge is 0.221 e. The van der Waals surface area contributed by atoms with E-state index < -0.39 is 6.04 Å². The van der Waals surface area contributed by atoms with Gasteiger partial charge in [0.1, 0.15) is 11.6 Å². The van der Waals surface area contributed by atoms with Crippen LogP contribution in [0.2, 0.25) is 0 Å². The number of aryl methyl sites for hydroxylation is 1. The third-order valence-electron chi connectivity index (χ3n) is 4.49. The molecule has 0 radical (unpaired) electrons. The standard InChI is InChI=1S/C25H39N3O2/c1-6-11-24(30-25(3,4)5)27-17-10-8-7-9-12-23(29)28-22(19-26)18-21-15-13-20(2)14-16-21/h11,13-16,22,27H,6-10,12,17-18H2,1-5H3,(H,28,29)/b24-11-. The summed E-state index contributed by atoms with van der Waals surface area (Å²) in [5.74, 6) is 0.805. The Kier molecular flexibility index (Phi) is 11.7. The molecule has 5 heteroatoms. The molecule has 0 bridgehead atoms. The largest absolute Gasteiger partial charge is 0.474 e. The number of hydrogen-bond donors (Lipinski definition) is 2. The molecule has 166 valence electrons.